The fraction of sp³-hybridized carbons (Fsp3) is 0. The molecular formula is O5P-3. The van der Waals surface area contributed by atoms with Gasteiger partial charge in [0, 0.05) is 7.82 Å². The van der Waals surface area contributed by atoms with E-state index in [0.717, 1.165) is 0 Å². The summed E-state index contributed by atoms with van der Waals surface area (Å²) in [7, 11) is -5.20. The average molecular weight is 111 g/mol. The van der Waals surface area contributed by atoms with Crippen molar-refractivity contribution in [2.75, 3.05) is 0 Å². The highest BCUT2D eigenvalue weighted by Gasteiger charge is 1.69. The molecule has 6 heavy (non-hydrogen) atoms. The summed E-state index contributed by atoms with van der Waals surface area (Å²) in [4.78, 5) is 17.9. The van der Waals surface area contributed by atoms with E-state index in [4.69, 9.17) is 19.6 Å². The fourth-order valence-electron chi connectivity index (χ4n) is 0. The summed E-state index contributed by atoms with van der Waals surface area (Å²) in [5.41, 5.74) is 0. The molecule has 0 N–H and O–H groups in total. The van der Waals surface area contributed by atoms with E-state index in [1.165, 1.54) is 0 Å². The van der Waals surface area contributed by atoms with E-state index in [1.54, 1.807) is 0 Å². The third kappa shape index (κ3) is 4.07. The van der Waals surface area contributed by atoms with Crippen LogP contribution in [-0.2, 0) is 9.24 Å². The van der Waals surface area contributed by atoms with Crippen LogP contribution < -0.4 is 15.0 Å². The molecule has 0 fully saturated rings. The van der Waals surface area contributed by atoms with E-state index in [9.17, 15) is 0 Å². The Kier molecular flexibility index (Phi) is 1.70. The van der Waals surface area contributed by atoms with E-state index in [-0.39, 0.29) is 0 Å². The molecule has 0 unspecified atom stereocenters. The molecule has 5 nitrogen and oxygen atoms in total. The van der Waals surface area contributed by atoms with Crippen LogP contribution in [0.25, 0.3) is 0 Å². The van der Waals surface area contributed by atoms with Gasteiger partial charge in [0.25, 0.3) is 0 Å². The molecule has 0 aliphatic carbocycles. The Balaban J connectivity index is 3.48. The lowest BCUT2D eigenvalue weighted by Crippen LogP contribution is -2.21. The summed E-state index contributed by atoms with van der Waals surface area (Å²) >= 11 is 0. The number of phosphoric acid groups is 1. The van der Waals surface area contributed by atoms with Crippen molar-refractivity contribution in [3.05, 3.63) is 0 Å². The average Bonchev–Trinajstić information content (AvgIpc) is 1.35. The van der Waals surface area contributed by atoms with Crippen molar-refractivity contribution in [2.45, 2.75) is 0 Å². The third-order valence-corrected chi connectivity index (χ3v) is 0.274. The minimum Gasteiger partial charge on any atom is -0.790 e. The minimum absolute atomic E-state index is 2.13. The molecule has 0 aromatic rings. The second kappa shape index (κ2) is 1.68. The van der Waals surface area contributed by atoms with Gasteiger partial charge in [-0.2, -0.15) is 0 Å². The zero-order valence-corrected chi connectivity index (χ0v) is 3.38. The second-order valence-electron chi connectivity index (χ2n) is 0.522. The van der Waals surface area contributed by atoms with Crippen molar-refractivity contribution >= 4 is 7.82 Å². The largest absolute Gasteiger partial charge is 0.790 e. The van der Waals surface area contributed by atoms with Crippen LogP contribution in [0.4, 0.5) is 0 Å². The summed E-state index contributed by atoms with van der Waals surface area (Å²) in [5, 5.41) is 8.56. The highest BCUT2D eigenvalue weighted by molar-refractivity contribution is 7.42. The van der Waals surface area contributed by atoms with Gasteiger partial charge >= 0.3 is 0 Å². The molecule has 0 saturated carbocycles. The molecule has 0 bridgehead atoms. The predicted octanol–water partition coefficient (Wildman–Crippen LogP) is -2.89. The van der Waals surface area contributed by atoms with E-state index in [0.29, 0.717) is 0 Å². The summed E-state index contributed by atoms with van der Waals surface area (Å²) in [6.07, 6.45) is 0. The molecule has 0 radical (unpaired) electrons. The molecule has 0 aliphatic heterocycles. The molecule has 6 heteroatoms. The summed E-state index contributed by atoms with van der Waals surface area (Å²) in [6.45, 7) is 0. The number of rotatable bonds is 1. The zero-order valence-electron chi connectivity index (χ0n) is 2.49. The van der Waals surface area contributed by atoms with Gasteiger partial charge in [-0.1, -0.05) is 0 Å². The number of hydrogen-bond donors (Lipinski definition) is 0. The van der Waals surface area contributed by atoms with Crippen molar-refractivity contribution < 1.29 is 24.3 Å². The molecule has 0 atom stereocenters. The van der Waals surface area contributed by atoms with Gasteiger partial charge in [-0.15, -0.1) is 0 Å². The fourth-order valence-corrected chi connectivity index (χ4v) is 0. The van der Waals surface area contributed by atoms with Crippen molar-refractivity contribution in [3.63, 3.8) is 0 Å². The first-order chi connectivity index (χ1) is 2.56. The van der Waals surface area contributed by atoms with Gasteiger partial charge in [0.1, 0.15) is 0 Å². The topological polar surface area (TPSA) is 95.5 Å². The molecule has 0 saturated heterocycles. The molecule has 0 spiro atoms. The molecular weight excluding hydrogens is 111 g/mol. The quantitative estimate of drug-likeness (QED) is 0.205. The molecule has 0 rings (SSSR count). The predicted molar refractivity (Wildman–Crippen MR) is 8.69 cm³/mol. The third-order valence-electron chi connectivity index (χ3n) is 0.0913. The lowest BCUT2D eigenvalue weighted by Gasteiger charge is -2.31. The van der Waals surface area contributed by atoms with Crippen molar-refractivity contribution in [1.82, 2.24) is 0 Å². The molecule has 38 valence electrons. The van der Waals surface area contributed by atoms with Crippen LogP contribution in [0.1, 0.15) is 0 Å². The lowest BCUT2D eigenvalue weighted by atomic mass is 15.0. The van der Waals surface area contributed by atoms with Crippen LogP contribution in [0.3, 0.4) is 0 Å². The van der Waals surface area contributed by atoms with E-state index in [2.05, 4.69) is 4.67 Å². The highest BCUT2D eigenvalue weighted by Crippen LogP contribution is 2.18. The standard InChI is InChI=1S/H3O5P/c1-5-6(2,3)4/h1H,(H2,2,3,4)/p-3. The van der Waals surface area contributed by atoms with Gasteiger partial charge in [0.2, 0.25) is 0 Å². The van der Waals surface area contributed by atoms with Crippen LogP contribution in [0.2, 0.25) is 0 Å². The van der Waals surface area contributed by atoms with Gasteiger partial charge in [-0.05, 0) is 0 Å². The lowest BCUT2D eigenvalue weighted by molar-refractivity contribution is -0.663. The zero-order chi connectivity index (χ0) is 5.21. The van der Waals surface area contributed by atoms with E-state index < -0.39 is 7.82 Å². The summed E-state index contributed by atoms with van der Waals surface area (Å²) in [5.74, 6) is 0. The van der Waals surface area contributed by atoms with Crippen LogP contribution in [0, 0.1) is 0 Å². The van der Waals surface area contributed by atoms with Crippen molar-refractivity contribution in [1.29, 1.82) is 0 Å². The molecule has 0 amide bonds. The van der Waals surface area contributed by atoms with Gasteiger partial charge in [0.05, 0.1) is 0 Å². The monoisotopic (exact) mass is 111 g/mol. The molecule has 0 aromatic carbocycles. The summed E-state index contributed by atoms with van der Waals surface area (Å²) < 4.78 is 11.1. The van der Waals surface area contributed by atoms with Crippen LogP contribution >= 0.6 is 7.82 Å². The first-order valence-corrected chi connectivity index (χ1v) is 2.36. The van der Waals surface area contributed by atoms with Gasteiger partial charge in [-0.3, -0.25) is 0 Å². The smallest absolute Gasteiger partial charge is 0.0480 e. The van der Waals surface area contributed by atoms with Crippen LogP contribution in [0.5, 0.6) is 0 Å². The van der Waals surface area contributed by atoms with E-state index in [1.807, 2.05) is 0 Å². The highest BCUT2D eigenvalue weighted by atomic mass is 31.2. The SMILES string of the molecule is O=P([O-])([O-])O[O-]. The molecule has 0 aromatic heterocycles. The minimum atomic E-state index is -5.20. The Labute approximate surface area is 33.3 Å². The molecule has 0 heterocycles. The van der Waals surface area contributed by atoms with Crippen molar-refractivity contribution in [3.8, 4) is 0 Å². The second-order valence-corrected chi connectivity index (χ2v) is 1.57. The van der Waals surface area contributed by atoms with E-state index >= 15 is 0 Å². The Morgan fingerprint density at radius 3 is 1.67 bits per heavy atom. The van der Waals surface area contributed by atoms with Crippen molar-refractivity contribution in [2.24, 2.45) is 0 Å². The van der Waals surface area contributed by atoms with Gasteiger partial charge < -0.3 is 24.3 Å². The first-order valence-electron chi connectivity index (χ1n) is 0.897. The Bertz CT molecular complexity index is 68.0. The maximum atomic E-state index is 8.94. The van der Waals surface area contributed by atoms with Crippen LogP contribution in [0.15, 0.2) is 0 Å². The van der Waals surface area contributed by atoms with Gasteiger partial charge in [0.15, 0.2) is 0 Å². The molecule has 0 aliphatic rings. The Morgan fingerprint density at radius 1 is 1.50 bits per heavy atom. The summed E-state index contributed by atoms with van der Waals surface area (Å²) in [6, 6.07) is 0. The normalized spacial score (nSPS) is 11.8. The Hall–Kier alpha value is 0.0700. The maximum absolute atomic E-state index is 8.94. The maximum Gasteiger partial charge on any atom is 0.0480 e. The Morgan fingerprint density at radius 2 is 1.67 bits per heavy atom. The number of hydrogen-bond acceptors (Lipinski definition) is 5. The first kappa shape index (κ1) is 6.07. The van der Waals surface area contributed by atoms with Gasteiger partial charge in [-0.25, -0.2) is 0 Å². The van der Waals surface area contributed by atoms with Crippen LogP contribution in [-0.4, -0.2) is 0 Å².